The highest BCUT2D eigenvalue weighted by molar-refractivity contribution is 5.31. The molecule has 4 rings (SSSR count). The van der Waals surface area contributed by atoms with Gasteiger partial charge < -0.3 is 14.8 Å². The van der Waals surface area contributed by atoms with E-state index in [1.807, 2.05) is 12.1 Å². The van der Waals surface area contributed by atoms with Gasteiger partial charge in [0.05, 0.1) is 13.2 Å². The standard InChI is InChI=1S/C17H22FNO2/c18-15-4-2-1-3-14(15)16(9-10-16)19-13-5-7-17(8-6-13)20-11-12-21-17/h1-4,13,19H,5-12H2. The molecule has 3 fully saturated rings. The van der Waals surface area contributed by atoms with E-state index >= 15 is 0 Å². The molecule has 4 heteroatoms. The van der Waals surface area contributed by atoms with Gasteiger partial charge in [0.2, 0.25) is 0 Å². The molecule has 0 aromatic heterocycles. The minimum absolute atomic E-state index is 0.0859. The van der Waals surface area contributed by atoms with Crippen molar-refractivity contribution in [1.29, 1.82) is 0 Å². The molecule has 0 unspecified atom stereocenters. The van der Waals surface area contributed by atoms with Crippen LogP contribution in [0.1, 0.15) is 44.1 Å². The summed E-state index contributed by atoms with van der Waals surface area (Å²) >= 11 is 0. The second-order valence-electron chi connectivity index (χ2n) is 6.59. The molecular weight excluding hydrogens is 269 g/mol. The molecule has 1 aromatic rings. The summed E-state index contributed by atoms with van der Waals surface area (Å²) in [5.74, 6) is -0.398. The van der Waals surface area contributed by atoms with E-state index in [-0.39, 0.29) is 17.1 Å². The van der Waals surface area contributed by atoms with Crippen LogP contribution in [0.25, 0.3) is 0 Å². The Morgan fingerprint density at radius 1 is 1.00 bits per heavy atom. The van der Waals surface area contributed by atoms with Crippen LogP contribution in [-0.2, 0) is 15.0 Å². The van der Waals surface area contributed by atoms with Crippen molar-refractivity contribution in [2.75, 3.05) is 13.2 Å². The van der Waals surface area contributed by atoms with E-state index in [0.29, 0.717) is 6.04 Å². The molecule has 0 amide bonds. The smallest absolute Gasteiger partial charge is 0.168 e. The van der Waals surface area contributed by atoms with Gasteiger partial charge in [-0.2, -0.15) is 0 Å². The number of hydrogen-bond acceptors (Lipinski definition) is 3. The van der Waals surface area contributed by atoms with E-state index < -0.39 is 0 Å². The van der Waals surface area contributed by atoms with Gasteiger partial charge in [0.1, 0.15) is 5.82 Å². The number of halogens is 1. The Hall–Kier alpha value is -0.970. The van der Waals surface area contributed by atoms with E-state index in [1.54, 1.807) is 12.1 Å². The number of benzene rings is 1. The van der Waals surface area contributed by atoms with Gasteiger partial charge in [0, 0.05) is 30.0 Å². The highest BCUT2D eigenvalue weighted by Gasteiger charge is 2.49. The van der Waals surface area contributed by atoms with Crippen LogP contribution < -0.4 is 5.32 Å². The molecule has 2 aliphatic carbocycles. The molecule has 1 N–H and O–H groups in total. The number of rotatable bonds is 3. The van der Waals surface area contributed by atoms with E-state index in [4.69, 9.17) is 9.47 Å². The van der Waals surface area contributed by atoms with Gasteiger partial charge in [0.25, 0.3) is 0 Å². The van der Waals surface area contributed by atoms with Crippen LogP contribution in [-0.4, -0.2) is 25.0 Å². The third kappa shape index (κ3) is 2.50. The molecule has 1 spiro atoms. The van der Waals surface area contributed by atoms with Crippen LogP contribution in [0.5, 0.6) is 0 Å². The second kappa shape index (κ2) is 5.04. The maximum absolute atomic E-state index is 14.0. The van der Waals surface area contributed by atoms with Gasteiger partial charge >= 0.3 is 0 Å². The van der Waals surface area contributed by atoms with Crippen molar-refractivity contribution in [3.8, 4) is 0 Å². The average Bonchev–Trinajstić information content (AvgIpc) is 3.14. The summed E-state index contributed by atoms with van der Waals surface area (Å²) in [6.45, 7) is 1.44. The van der Waals surface area contributed by atoms with Crippen LogP contribution in [0.4, 0.5) is 4.39 Å². The zero-order chi connectivity index (χ0) is 14.3. The van der Waals surface area contributed by atoms with Gasteiger partial charge in [-0.05, 0) is 31.7 Å². The Morgan fingerprint density at radius 2 is 1.67 bits per heavy atom. The third-order valence-corrected chi connectivity index (χ3v) is 5.18. The molecular formula is C17H22FNO2. The topological polar surface area (TPSA) is 30.5 Å². The van der Waals surface area contributed by atoms with Crippen LogP contribution in [0.2, 0.25) is 0 Å². The molecule has 21 heavy (non-hydrogen) atoms. The van der Waals surface area contributed by atoms with Gasteiger partial charge in [-0.15, -0.1) is 0 Å². The first-order valence-corrected chi connectivity index (χ1v) is 8.02. The van der Waals surface area contributed by atoms with Crippen LogP contribution in [0.15, 0.2) is 24.3 Å². The van der Waals surface area contributed by atoms with Crippen LogP contribution >= 0.6 is 0 Å². The molecule has 1 heterocycles. The fraction of sp³-hybridized carbons (Fsp3) is 0.647. The van der Waals surface area contributed by atoms with E-state index in [0.717, 1.165) is 57.3 Å². The maximum atomic E-state index is 14.0. The summed E-state index contributed by atoms with van der Waals surface area (Å²) in [5, 5.41) is 3.72. The predicted molar refractivity (Wildman–Crippen MR) is 77.3 cm³/mol. The summed E-state index contributed by atoms with van der Waals surface area (Å²) in [4.78, 5) is 0. The molecule has 114 valence electrons. The highest BCUT2D eigenvalue weighted by atomic mass is 19.1. The zero-order valence-electron chi connectivity index (χ0n) is 12.2. The maximum Gasteiger partial charge on any atom is 0.168 e. The second-order valence-corrected chi connectivity index (χ2v) is 6.59. The van der Waals surface area contributed by atoms with Crippen molar-refractivity contribution in [3.05, 3.63) is 35.6 Å². The van der Waals surface area contributed by atoms with Crippen molar-refractivity contribution in [2.45, 2.75) is 55.9 Å². The Labute approximate surface area is 124 Å². The molecule has 2 saturated carbocycles. The predicted octanol–water partition coefficient (Wildman–Crippen LogP) is 3.09. The lowest BCUT2D eigenvalue weighted by molar-refractivity contribution is -0.180. The molecule has 0 radical (unpaired) electrons. The summed E-state index contributed by atoms with van der Waals surface area (Å²) in [5.41, 5.74) is 0.705. The molecule has 0 bridgehead atoms. The van der Waals surface area contributed by atoms with Crippen molar-refractivity contribution in [2.24, 2.45) is 0 Å². The average molecular weight is 291 g/mol. The summed E-state index contributed by atoms with van der Waals surface area (Å²) in [6, 6.07) is 7.60. The van der Waals surface area contributed by atoms with Gasteiger partial charge in [-0.1, -0.05) is 18.2 Å². The minimum Gasteiger partial charge on any atom is -0.348 e. The quantitative estimate of drug-likeness (QED) is 0.928. The molecule has 3 nitrogen and oxygen atoms in total. The lowest BCUT2D eigenvalue weighted by atomic mass is 9.88. The molecule has 1 saturated heterocycles. The highest BCUT2D eigenvalue weighted by Crippen LogP contribution is 2.48. The Morgan fingerprint density at radius 3 is 2.29 bits per heavy atom. The fourth-order valence-electron chi connectivity index (χ4n) is 3.84. The lowest BCUT2D eigenvalue weighted by Crippen LogP contribution is -2.45. The van der Waals surface area contributed by atoms with Crippen molar-refractivity contribution in [1.82, 2.24) is 5.32 Å². The Balaban J connectivity index is 1.42. The zero-order valence-corrected chi connectivity index (χ0v) is 12.2. The number of ether oxygens (including phenoxy) is 2. The van der Waals surface area contributed by atoms with Gasteiger partial charge in [-0.25, -0.2) is 4.39 Å². The van der Waals surface area contributed by atoms with E-state index in [9.17, 15) is 4.39 Å². The third-order valence-electron chi connectivity index (χ3n) is 5.18. The van der Waals surface area contributed by atoms with E-state index in [1.165, 1.54) is 0 Å². The number of hydrogen-bond donors (Lipinski definition) is 1. The molecule has 0 atom stereocenters. The van der Waals surface area contributed by atoms with E-state index in [2.05, 4.69) is 5.32 Å². The molecule has 1 aromatic carbocycles. The van der Waals surface area contributed by atoms with Crippen molar-refractivity contribution < 1.29 is 13.9 Å². The van der Waals surface area contributed by atoms with Gasteiger partial charge in [-0.3, -0.25) is 0 Å². The Bertz CT molecular complexity index is 513. The minimum atomic E-state index is -0.313. The van der Waals surface area contributed by atoms with Crippen LogP contribution in [0, 0.1) is 5.82 Å². The molecule has 3 aliphatic rings. The first-order valence-electron chi connectivity index (χ1n) is 8.02. The molecule has 1 aliphatic heterocycles. The lowest BCUT2D eigenvalue weighted by Gasteiger charge is -2.37. The summed E-state index contributed by atoms with van der Waals surface area (Å²) in [6.07, 6.45) is 6.02. The Kier molecular flexibility index (Phi) is 3.28. The van der Waals surface area contributed by atoms with Crippen LogP contribution in [0.3, 0.4) is 0 Å². The SMILES string of the molecule is Fc1ccccc1C1(NC2CCC3(CC2)OCCO3)CC1. The van der Waals surface area contributed by atoms with Crippen molar-refractivity contribution in [3.63, 3.8) is 0 Å². The normalized spacial score (nSPS) is 27.1. The largest absolute Gasteiger partial charge is 0.348 e. The monoisotopic (exact) mass is 291 g/mol. The fourth-order valence-corrected chi connectivity index (χ4v) is 3.84. The summed E-state index contributed by atoms with van der Waals surface area (Å²) in [7, 11) is 0. The van der Waals surface area contributed by atoms with Crippen molar-refractivity contribution >= 4 is 0 Å². The first-order chi connectivity index (χ1) is 10.2. The first kappa shape index (κ1) is 13.7. The van der Waals surface area contributed by atoms with Gasteiger partial charge in [0.15, 0.2) is 5.79 Å². The number of nitrogens with one attached hydrogen (secondary N) is 1. The summed E-state index contributed by atoms with van der Waals surface area (Å²) < 4.78 is 25.6.